The largest absolute Gasteiger partial charge is 0.341 e. The Labute approximate surface area is 139 Å². The summed E-state index contributed by atoms with van der Waals surface area (Å²) < 4.78 is 0. The van der Waals surface area contributed by atoms with Gasteiger partial charge in [0.25, 0.3) is 0 Å². The Hall–Kier alpha value is -1.39. The van der Waals surface area contributed by atoms with Crippen molar-refractivity contribution in [1.29, 1.82) is 0 Å². The van der Waals surface area contributed by atoms with Crippen molar-refractivity contribution in [2.75, 3.05) is 26.2 Å². The average Bonchev–Trinajstić information content (AvgIpc) is 2.99. The SMILES string of the molecule is Cc1ccc(C(N)C(=O)N2CCCC(N3CCCC3)CC2)cc1. The van der Waals surface area contributed by atoms with Crippen molar-refractivity contribution < 1.29 is 4.79 Å². The monoisotopic (exact) mass is 315 g/mol. The highest BCUT2D eigenvalue weighted by atomic mass is 16.2. The molecule has 0 aliphatic carbocycles. The van der Waals surface area contributed by atoms with E-state index in [9.17, 15) is 4.79 Å². The molecular weight excluding hydrogens is 286 g/mol. The second-order valence-corrected chi connectivity index (χ2v) is 7.04. The lowest BCUT2D eigenvalue weighted by atomic mass is 10.0. The molecule has 23 heavy (non-hydrogen) atoms. The molecule has 4 nitrogen and oxygen atoms in total. The Bertz CT molecular complexity index is 522. The molecule has 0 aromatic heterocycles. The fraction of sp³-hybridized carbons (Fsp3) is 0.632. The van der Waals surface area contributed by atoms with Crippen LogP contribution in [0.25, 0.3) is 0 Å². The van der Waals surface area contributed by atoms with Crippen molar-refractivity contribution in [3.63, 3.8) is 0 Å². The summed E-state index contributed by atoms with van der Waals surface area (Å²) in [5, 5.41) is 0. The number of carbonyl (C=O) groups excluding carboxylic acids is 1. The lowest BCUT2D eigenvalue weighted by Crippen LogP contribution is -2.40. The van der Waals surface area contributed by atoms with Crippen LogP contribution in [0.5, 0.6) is 0 Å². The third-order valence-electron chi connectivity index (χ3n) is 5.37. The molecule has 0 bridgehead atoms. The third kappa shape index (κ3) is 3.93. The van der Waals surface area contributed by atoms with Gasteiger partial charge in [0.05, 0.1) is 0 Å². The van der Waals surface area contributed by atoms with Gasteiger partial charge in [0.1, 0.15) is 6.04 Å². The summed E-state index contributed by atoms with van der Waals surface area (Å²) in [6.07, 6.45) is 6.05. The molecule has 2 saturated heterocycles. The summed E-state index contributed by atoms with van der Waals surface area (Å²) in [5.74, 6) is 0.0796. The zero-order chi connectivity index (χ0) is 16.2. The highest BCUT2D eigenvalue weighted by molar-refractivity contribution is 5.83. The molecule has 0 spiro atoms. The van der Waals surface area contributed by atoms with Crippen LogP contribution in [-0.2, 0) is 4.79 Å². The zero-order valence-electron chi connectivity index (χ0n) is 14.2. The first-order chi connectivity index (χ1) is 11.1. The van der Waals surface area contributed by atoms with Crippen LogP contribution in [0.1, 0.15) is 49.3 Å². The molecule has 1 aromatic carbocycles. The van der Waals surface area contributed by atoms with Crippen molar-refractivity contribution in [2.24, 2.45) is 5.73 Å². The van der Waals surface area contributed by atoms with Crippen LogP contribution in [0, 0.1) is 6.92 Å². The summed E-state index contributed by atoms with van der Waals surface area (Å²) in [4.78, 5) is 17.4. The van der Waals surface area contributed by atoms with E-state index in [1.54, 1.807) is 0 Å². The van der Waals surface area contributed by atoms with Crippen molar-refractivity contribution in [2.45, 2.75) is 51.1 Å². The van der Waals surface area contributed by atoms with Crippen molar-refractivity contribution in [1.82, 2.24) is 9.80 Å². The summed E-state index contributed by atoms with van der Waals surface area (Å²) in [5.41, 5.74) is 8.33. The van der Waals surface area contributed by atoms with Gasteiger partial charge in [-0.25, -0.2) is 0 Å². The summed E-state index contributed by atoms with van der Waals surface area (Å²) in [6, 6.07) is 8.12. The second kappa shape index (κ2) is 7.45. The number of hydrogen-bond acceptors (Lipinski definition) is 3. The number of likely N-dealkylation sites (tertiary alicyclic amines) is 2. The molecule has 4 heteroatoms. The normalized spacial score (nSPS) is 24.4. The number of benzene rings is 1. The number of rotatable bonds is 3. The maximum atomic E-state index is 12.8. The Balaban J connectivity index is 1.59. The van der Waals surface area contributed by atoms with E-state index in [-0.39, 0.29) is 5.91 Å². The van der Waals surface area contributed by atoms with Gasteiger partial charge in [0.15, 0.2) is 0 Å². The predicted molar refractivity (Wildman–Crippen MR) is 93.1 cm³/mol. The Morgan fingerprint density at radius 2 is 1.74 bits per heavy atom. The van der Waals surface area contributed by atoms with E-state index in [2.05, 4.69) is 4.90 Å². The molecule has 2 aliphatic heterocycles. The molecule has 2 heterocycles. The summed E-state index contributed by atoms with van der Waals surface area (Å²) in [7, 11) is 0. The molecule has 2 unspecified atom stereocenters. The lowest BCUT2D eigenvalue weighted by Gasteiger charge is -2.27. The number of amides is 1. The molecule has 2 atom stereocenters. The molecule has 2 fully saturated rings. The number of nitrogens with two attached hydrogens (primary N) is 1. The Kier molecular flexibility index (Phi) is 5.34. The van der Waals surface area contributed by atoms with Gasteiger partial charge < -0.3 is 15.5 Å². The maximum Gasteiger partial charge on any atom is 0.244 e. The summed E-state index contributed by atoms with van der Waals surface area (Å²) >= 11 is 0. The van der Waals surface area contributed by atoms with Crippen molar-refractivity contribution in [3.05, 3.63) is 35.4 Å². The first kappa shape index (κ1) is 16.5. The van der Waals surface area contributed by atoms with Gasteiger partial charge in [0, 0.05) is 19.1 Å². The fourth-order valence-corrected chi connectivity index (χ4v) is 3.88. The van der Waals surface area contributed by atoms with Crippen molar-refractivity contribution in [3.8, 4) is 0 Å². The fourth-order valence-electron chi connectivity index (χ4n) is 3.88. The topological polar surface area (TPSA) is 49.6 Å². The van der Waals surface area contributed by atoms with E-state index in [1.807, 2.05) is 36.1 Å². The summed E-state index contributed by atoms with van der Waals surface area (Å²) in [6.45, 7) is 6.22. The van der Waals surface area contributed by atoms with Gasteiger partial charge in [-0.2, -0.15) is 0 Å². The maximum absolute atomic E-state index is 12.8. The van der Waals surface area contributed by atoms with Gasteiger partial charge in [-0.3, -0.25) is 4.79 Å². The second-order valence-electron chi connectivity index (χ2n) is 7.04. The van der Waals surface area contributed by atoms with E-state index in [0.29, 0.717) is 6.04 Å². The van der Waals surface area contributed by atoms with Gasteiger partial charge in [0.2, 0.25) is 5.91 Å². The number of nitrogens with zero attached hydrogens (tertiary/aromatic N) is 2. The minimum absolute atomic E-state index is 0.0796. The molecule has 0 radical (unpaired) electrons. The van der Waals surface area contributed by atoms with E-state index < -0.39 is 6.04 Å². The number of aryl methyl sites for hydroxylation is 1. The smallest absolute Gasteiger partial charge is 0.244 e. The van der Waals surface area contributed by atoms with Crippen LogP contribution in [0.15, 0.2) is 24.3 Å². The number of carbonyl (C=O) groups is 1. The van der Waals surface area contributed by atoms with Crippen LogP contribution in [0.4, 0.5) is 0 Å². The van der Waals surface area contributed by atoms with Gasteiger partial charge in [-0.05, 0) is 57.7 Å². The molecule has 2 aliphatic rings. The van der Waals surface area contributed by atoms with Crippen LogP contribution in [0.2, 0.25) is 0 Å². The molecule has 1 amide bonds. The van der Waals surface area contributed by atoms with Crippen LogP contribution < -0.4 is 5.73 Å². The minimum Gasteiger partial charge on any atom is -0.341 e. The van der Waals surface area contributed by atoms with Crippen molar-refractivity contribution >= 4 is 5.91 Å². The predicted octanol–water partition coefficient (Wildman–Crippen LogP) is 2.47. The lowest BCUT2D eigenvalue weighted by molar-refractivity contribution is -0.132. The molecular formula is C19H29N3O. The first-order valence-electron chi connectivity index (χ1n) is 9.00. The highest BCUT2D eigenvalue weighted by Crippen LogP contribution is 2.23. The van der Waals surface area contributed by atoms with Crippen LogP contribution >= 0.6 is 0 Å². The number of hydrogen-bond donors (Lipinski definition) is 1. The van der Waals surface area contributed by atoms with Gasteiger partial charge in [-0.15, -0.1) is 0 Å². The molecule has 3 rings (SSSR count). The molecule has 1 aromatic rings. The zero-order valence-corrected chi connectivity index (χ0v) is 14.2. The van der Waals surface area contributed by atoms with Gasteiger partial charge >= 0.3 is 0 Å². The Morgan fingerprint density at radius 1 is 1.04 bits per heavy atom. The third-order valence-corrected chi connectivity index (χ3v) is 5.37. The quantitative estimate of drug-likeness (QED) is 0.932. The molecule has 0 saturated carbocycles. The minimum atomic E-state index is -0.529. The van der Waals surface area contributed by atoms with E-state index >= 15 is 0 Å². The highest BCUT2D eigenvalue weighted by Gasteiger charge is 2.28. The van der Waals surface area contributed by atoms with E-state index in [4.69, 9.17) is 5.73 Å². The Morgan fingerprint density at radius 3 is 2.43 bits per heavy atom. The van der Waals surface area contributed by atoms with E-state index in [1.165, 1.54) is 37.9 Å². The van der Waals surface area contributed by atoms with Gasteiger partial charge in [-0.1, -0.05) is 29.8 Å². The standard InChI is InChI=1S/C19H29N3O/c1-15-6-8-16(9-7-15)18(20)19(23)22-13-4-5-17(10-14-22)21-11-2-3-12-21/h6-9,17-18H,2-5,10-14,20H2,1H3. The average molecular weight is 315 g/mol. The molecule has 2 N–H and O–H groups in total. The van der Waals surface area contributed by atoms with Crippen LogP contribution in [-0.4, -0.2) is 47.9 Å². The molecule has 126 valence electrons. The first-order valence-corrected chi connectivity index (χ1v) is 9.00. The van der Waals surface area contributed by atoms with E-state index in [0.717, 1.165) is 31.5 Å². The van der Waals surface area contributed by atoms with Crippen LogP contribution in [0.3, 0.4) is 0 Å².